The van der Waals surface area contributed by atoms with E-state index in [1.165, 1.54) is 0 Å². The van der Waals surface area contributed by atoms with Gasteiger partial charge in [0.2, 0.25) is 0 Å². The number of ether oxygens (including phenoxy) is 1. The summed E-state index contributed by atoms with van der Waals surface area (Å²) in [5, 5.41) is 3.44. The van der Waals surface area contributed by atoms with E-state index in [0.29, 0.717) is 11.6 Å². The molecule has 0 bridgehead atoms. The Kier molecular flexibility index (Phi) is 6.57. The molecule has 1 unspecified atom stereocenters. The van der Waals surface area contributed by atoms with Gasteiger partial charge in [0.1, 0.15) is 0 Å². The highest BCUT2D eigenvalue weighted by molar-refractivity contribution is 4.85. The van der Waals surface area contributed by atoms with Gasteiger partial charge >= 0.3 is 0 Å². The molecular weight excluding hydrogens is 226 g/mol. The van der Waals surface area contributed by atoms with Gasteiger partial charge in [-0.3, -0.25) is 9.80 Å². The normalized spacial score (nSPS) is 21.2. The second kappa shape index (κ2) is 7.43. The van der Waals surface area contributed by atoms with Crippen LogP contribution in [0.2, 0.25) is 0 Å². The molecule has 1 aliphatic heterocycles. The van der Waals surface area contributed by atoms with E-state index in [1.807, 2.05) is 0 Å². The first-order chi connectivity index (χ1) is 8.49. The fourth-order valence-corrected chi connectivity index (χ4v) is 2.55. The van der Waals surface area contributed by atoms with E-state index < -0.39 is 0 Å². The zero-order chi connectivity index (χ0) is 13.6. The summed E-state index contributed by atoms with van der Waals surface area (Å²) in [4.78, 5) is 5.13. The van der Waals surface area contributed by atoms with Gasteiger partial charge in [0.15, 0.2) is 0 Å². The van der Waals surface area contributed by atoms with Crippen LogP contribution in [0.4, 0.5) is 0 Å². The van der Waals surface area contributed by atoms with Crippen molar-refractivity contribution in [1.82, 2.24) is 15.1 Å². The van der Waals surface area contributed by atoms with Crippen LogP contribution in [0.3, 0.4) is 0 Å². The van der Waals surface area contributed by atoms with Gasteiger partial charge in [-0.05, 0) is 27.3 Å². The SMILES string of the molecule is CCNCC(COC)N1CCN(C(C)(C)C)CC1. The zero-order valence-electron chi connectivity index (χ0n) is 12.8. The van der Waals surface area contributed by atoms with Crippen LogP contribution in [0, 0.1) is 0 Å². The molecule has 0 aromatic heterocycles. The summed E-state index contributed by atoms with van der Waals surface area (Å²) >= 11 is 0. The number of hydrogen-bond donors (Lipinski definition) is 1. The molecule has 1 atom stereocenters. The molecule has 1 aliphatic rings. The maximum absolute atomic E-state index is 5.35. The molecule has 18 heavy (non-hydrogen) atoms. The van der Waals surface area contributed by atoms with Crippen LogP contribution in [-0.4, -0.2) is 74.4 Å². The number of likely N-dealkylation sites (N-methyl/N-ethyl adjacent to an activating group) is 1. The molecule has 1 N–H and O–H groups in total. The predicted molar refractivity (Wildman–Crippen MR) is 77.1 cm³/mol. The Bertz CT molecular complexity index is 220. The van der Waals surface area contributed by atoms with Gasteiger partial charge in [-0.15, -0.1) is 0 Å². The van der Waals surface area contributed by atoms with E-state index in [1.54, 1.807) is 7.11 Å². The first-order valence-electron chi connectivity index (χ1n) is 7.17. The first-order valence-corrected chi connectivity index (χ1v) is 7.17. The smallest absolute Gasteiger partial charge is 0.0630 e. The number of rotatable bonds is 6. The molecule has 0 amide bonds. The molecule has 108 valence electrons. The topological polar surface area (TPSA) is 27.7 Å². The van der Waals surface area contributed by atoms with Gasteiger partial charge in [0.05, 0.1) is 6.61 Å². The van der Waals surface area contributed by atoms with Gasteiger partial charge in [0, 0.05) is 51.4 Å². The van der Waals surface area contributed by atoms with Crippen molar-refractivity contribution >= 4 is 0 Å². The van der Waals surface area contributed by atoms with Crippen molar-refractivity contribution in [3.63, 3.8) is 0 Å². The first kappa shape index (κ1) is 15.9. The van der Waals surface area contributed by atoms with Crippen molar-refractivity contribution in [3.05, 3.63) is 0 Å². The molecule has 0 aliphatic carbocycles. The molecule has 1 saturated heterocycles. The maximum Gasteiger partial charge on any atom is 0.0630 e. The predicted octanol–water partition coefficient (Wildman–Crippen LogP) is 1.03. The Morgan fingerprint density at radius 1 is 1.17 bits per heavy atom. The minimum absolute atomic E-state index is 0.296. The minimum atomic E-state index is 0.296. The van der Waals surface area contributed by atoms with Gasteiger partial charge in [-0.2, -0.15) is 0 Å². The van der Waals surface area contributed by atoms with E-state index in [0.717, 1.165) is 45.9 Å². The highest BCUT2D eigenvalue weighted by atomic mass is 16.5. The summed E-state index contributed by atoms with van der Waals surface area (Å²) in [6.45, 7) is 16.6. The number of methoxy groups -OCH3 is 1. The van der Waals surface area contributed by atoms with Crippen molar-refractivity contribution in [2.75, 3.05) is 53.0 Å². The summed E-state index contributed by atoms with van der Waals surface area (Å²) < 4.78 is 5.35. The lowest BCUT2D eigenvalue weighted by Gasteiger charge is -2.44. The lowest BCUT2D eigenvalue weighted by molar-refractivity contribution is 0.0191. The third kappa shape index (κ3) is 4.84. The Balaban J connectivity index is 2.43. The molecule has 1 heterocycles. The van der Waals surface area contributed by atoms with Crippen molar-refractivity contribution in [2.45, 2.75) is 39.3 Å². The van der Waals surface area contributed by atoms with Crippen LogP contribution >= 0.6 is 0 Å². The van der Waals surface area contributed by atoms with Crippen molar-refractivity contribution < 1.29 is 4.74 Å². The van der Waals surface area contributed by atoms with Crippen LogP contribution in [0.25, 0.3) is 0 Å². The second-order valence-corrected chi connectivity index (χ2v) is 6.11. The number of piperazine rings is 1. The lowest BCUT2D eigenvalue weighted by atomic mass is 10.0. The summed E-state index contributed by atoms with van der Waals surface area (Å²) in [7, 11) is 1.80. The molecule has 4 heteroatoms. The highest BCUT2D eigenvalue weighted by Gasteiger charge is 2.28. The fourth-order valence-electron chi connectivity index (χ4n) is 2.55. The van der Waals surface area contributed by atoms with Crippen molar-refractivity contribution in [3.8, 4) is 0 Å². The monoisotopic (exact) mass is 257 g/mol. The van der Waals surface area contributed by atoms with E-state index in [9.17, 15) is 0 Å². The average Bonchev–Trinajstić information content (AvgIpc) is 2.33. The average molecular weight is 257 g/mol. The summed E-state index contributed by atoms with van der Waals surface area (Å²) in [5.74, 6) is 0. The molecule has 0 spiro atoms. The van der Waals surface area contributed by atoms with Crippen LogP contribution in [-0.2, 0) is 4.74 Å². The van der Waals surface area contributed by atoms with Crippen molar-refractivity contribution in [1.29, 1.82) is 0 Å². The molecule has 0 saturated carbocycles. The molecule has 0 aromatic carbocycles. The fraction of sp³-hybridized carbons (Fsp3) is 1.00. The van der Waals surface area contributed by atoms with E-state index >= 15 is 0 Å². The third-order valence-corrected chi connectivity index (χ3v) is 3.77. The minimum Gasteiger partial charge on any atom is -0.383 e. The molecular formula is C14H31N3O. The lowest BCUT2D eigenvalue weighted by Crippen LogP contribution is -2.57. The summed E-state index contributed by atoms with van der Waals surface area (Å²) in [6, 6.07) is 0.511. The van der Waals surface area contributed by atoms with Gasteiger partial charge in [-0.1, -0.05) is 6.92 Å². The summed E-state index contributed by atoms with van der Waals surface area (Å²) in [6.07, 6.45) is 0. The summed E-state index contributed by atoms with van der Waals surface area (Å²) in [5.41, 5.74) is 0.296. The molecule has 0 radical (unpaired) electrons. The van der Waals surface area contributed by atoms with Crippen LogP contribution in [0.15, 0.2) is 0 Å². The van der Waals surface area contributed by atoms with Gasteiger partial charge < -0.3 is 10.1 Å². The number of hydrogen-bond acceptors (Lipinski definition) is 4. The Labute approximate surface area is 113 Å². The molecule has 4 nitrogen and oxygen atoms in total. The van der Waals surface area contributed by atoms with E-state index in [4.69, 9.17) is 4.74 Å². The standard InChI is InChI=1S/C14H31N3O/c1-6-15-11-13(12-18-5)16-7-9-17(10-8-16)14(2,3)4/h13,15H,6-12H2,1-5H3. The van der Waals surface area contributed by atoms with Crippen molar-refractivity contribution in [2.24, 2.45) is 0 Å². The van der Waals surface area contributed by atoms with Gasteiger partial charge in [0.25, 0.3) is 0 Å². The largest absolute Gasteiger partial charge is 0.383 e. The van der Waals surface area contributed by atoms with Crippen LogP contribution in [0.1, 0.15) is 27.7 Å². The molecule has 1 fully saturated rings. The third-order valence-electron chi connectivity index (χ3n) is 3.77. The number of nitrogens with zero attached hydrogens (tertiary/aromatic N) is 2. The van der Waals surface area contributed by atoms with E-state index in [-0.39, 0.29) is 0 Å². The number of nitrogens with one attached hydrogen (secondary N) is 1. The second-order valence-electron chi connectivity index (χ2n) is 6.11. The Hall–Kier alpha value is -0.160. The van der Waals surface area contributed by atoms with E-state index in [2.05, 4.69) is 42.8 Å². The molecule has 0 aromatic rings. The Morgan fingerprint density at radius 2 is 1.78 bits per heavy atom. The quantitative estimate of drug-likeness (QED) is 0.769. The Morgan fingerprint density at radius 3 is 2.22 bits per heavy atom. The maximum atomic E-state index is 5.35. The van der Waals surface area contributed by atoms with Gasteiger partial charge in [-0.25, -0.2) is 0 Å². The molecule has 1 rings (SSSR count). The highest BCUT2D eigenvalue weighted by Crippen LogP contribution is 2.16. The zero-order valence-corrected chi connectivity index (χ0v) is 12.8. The van der Waals surface area contributed by atoms with Crippen LogP contribution < -0.4 is 5.32 Å². The van der Waals surface area contributed by atoms with Crippen LogP contribution in [0.5, 0.6) is 0 Å².